The van der Waals surface area contributed by atoms with Crippen LogP contribution in [0.15, 0.2) is 0 Å². The number of nitrogens with one attached hydrogen (secondary N) is 1. The fourth-order valence-electron chi connectivity index (χ4n) is 2.11. The van der Waals surface area contributed by atoms with Gasteiger partial charge in [-0.15, -0.1) is 0 Å². The monoisotopic (exact) mass is 269 g/mol. The highest BCUT2D eigenvalue weighted by atomic mass is 19.4. The van der Waals surface area contributed by atoms with Crippen LogP contribution in [0.3, 0.4) is 0 Å². The molecule has 1 aliphatic heterocycles. The number of hydrogen-bond acceptors (Lipinski definition) is 3. The summed E-state index contributed by atoms with van der Waals surface area (Å²) in [6.45, 7) is 2.39. The van der Waals surface area contributed by atoms with Crippen LogP contribution in [0.4, 0.5) is 13.2 Å². The molecule has 0 amide bonds. The Labute approximate surface area is 106 Å². The van der Waals surface area contributed by atoms with E-state index in [1.54, 1.807) is 0 Å². The van der Waals surface area contributed by atoms with Crippen LogP contribution in [0.1, 0.15) is 32.6 Å². The zero-order valence-electron chi connectivity index (χ0n) is 10.8. The SMILES string of the molecule is CCNC(CCC1CCCO1)COCC(F)(F)F. The van der Waals surface area contributed by atoms with Crippen LogP contribution in [0.5, 0.6) is 0 Å². The van der Waals surface area contributed by atoms with Crippen molar-refractivity contribution in [2.24, 2.45) is 0 Å². The molecule has 1 aliphatic rings. The normalized spacial score (nSPS) is 22.3. The van der Waals surface area contributed by atoms with Crippen LogP contribution in [-0.2, 0) is 9.47 Å². The minimum Gasteiger partial charge on any atom is -0.378 e. The molecule has 0 radical (unpaired) electrons. The van der Waals surface area contributed by atoms with E-state index in [4.69, 9.17) is 9.47 Å². The third kappa shape index (κ3) is 7.18. The van der Waals surface area contributed by atoms with E-state index in [1.807, 2.05) is 6.92 Å². The molecule has 0 aromatic heterocycles. The molecule has 108 valence electrons. The Bertz CT molecular complexity index is 218. The summed E-state index contributed by atoms with van der Waals surface area (Å²) in [4.78, 5) is 0. The molecule has 1 heterocycles. The standard InChI is InChI=1S/C12H22F3NO2/c1-2-16-10(8-17-9-12(13,14)15)5-6-11-4-3-7-18-11/h10-11,16H,2-9H2,1H3. The third-order valence-corrected chi connectivity index (χ3v) is 2.94. The Balaban J connectivity index is 2.17. The van der Waals surface area contributed by atoms with Gasteiger partial charge in [-0.05, 0) is 32.2 Å². The molecule has 0 spiro atoms. The van der Waals surface area contributed by atoms with Gasteiger partial charge >= 0.3 is 6.18 Å². The van der Waals surface area contributed by atoms with Gasteiger partial charge in [0.2, 0.25) is 0 Å². The molecule has 2 unspecified atom stereocenters. The molecule has 0 aromatic carbocycles. The van der Waals surface area contributed by atoms with Gasteiger partial charge in [0, 0.05) is 12.6 Å². The van der Waals surface area contributed by atoms with Gasteiger partial charge in [0.25, 0.3) is 0 Å². The number of halogens is 3. The summed E-state index contributed by atoms with van der Waals surface area (Å²) in [7, 11) is 0. The van der Waals surface area contributed by atoms with Crippen LogP contribution in [0, 0.1) is 0 Å². The average Bonchev–Trinajstić information content (AvgIpc) is 2.77. The molecule has 1 saturated heterocycles. The fourth-order valence-corrected chi connectivity index (χ4v) is 2.11. The van der Waals surface area contributed by atoms with E-state index in [0.29, 0.717) is 0 Å². The van der Waals surface area contributed by atoms with Crippen LogP contribution in [0.2, 0.25) is 0 Å². The van der Waals surface area contributed by atoms with Crippen LogP contribution < -0.4 is 5.32 Å². The average molecular weight is 269 g/mol. The predicted octanol–water partition coefficient (Wildman–Crippen LogP) is 2.50. The van der Waals surface area contributed by atoms with Crippen molar-refractivity contribution in [2.45, 2.75) is 50.9 Å². The topological polar surface area (TPSA) is 30.5 Å². The van der Waals surface area contributed by atoms with E-state index in [1.165, 1.54) is 0 Å². The van der Waals surface area contributed by atoms with Gasteiger partial charge in [0.05, 0.1) is 12.7 Å². The molecule has 0 saturated carbocycles. The molecule has 1 fully saturated rings. The Morgan fingerprint density at radius 2 is 2.22 bits per heavy atom. The molecular weight excluding hydrogens is 247 g/mol. The van der Waals surface area contributed by atoms with Crippen LogP contribution >= 0.6 is 0 Å². The minimum atomic E-state index is -4.24. The van der Waals surface area contributed by atoms with Crippen molar-refractivity contribution < 1.29 is 22.6 Å². The van der Waals surface area contributed by atoms with E-state index in [9.17, 15) is 13.2 Å². The van der Waals surface area contributed by atoms with E-state index in [-0.39, 0.29) is 18.8 Å². The number of rotatable bonds is 8. The van der Waals surface area contributed by atoms with Gasteiger partial charge in [-0.3, -0.25) is 0 Å². The van der Waals surface area contributed by atoms with Gasteiger partial charge in [-0.25, -0.2) is 0 Å². The largest absolute Gasteiger partial charge is 0.411 e. The molecule has 0 bridgehead atoms. The molecule has 0 aliphatic carbocycles. The first-order chi connectivity index (χ1) is 8.51. The van der Waals surface area contributed by atoms with E-state index < -0.39 is 12.8 Å². The number of alkyl halides is 3. The first-order valence-electron chi connectivity index (χ1n) is 6.50. The summed E-state index contributed by atoms with van der Waals surface area (Å²) in [6, 6.07) is -0.0263. The zero-order valence-corrected chi connectivity index (χ0v) is 10.8. The molecule has 6 heteroatoms. The lowest BCUT2D eigenvalue weighted by atomic mass is 10.1. The summed E-state index contributed by atoms with van der Waals surface area (Å²) < 4.78 is 46.1. The summed E-state index contributed by atoms with van der Waals surface area (Å²) in [6.07, 6.45) is -0.160. The molecular formula is C12H22F3NO2. The maximum atomic E-state index is 12.0. The highest BCUT2D eigenvalue weighted by molar-refractivity contribution is 4.71. The molecule has 0 aromatic rings. The maximum absolute atomic E-state index is 12.0. The lowest BCUT2D eigenvalue weighted by molar-refractivity contribution is -0.175. The molecule has 2 atom stereocenters. The molecule has 3 nitrogen and oxygen atoms in total. The molecule has 1 N–H and O–H groups in total. The Hall–Kier alpha value is -0.330. The summed E-state index contributed by atoms with van der Waals surface area (Å²) in [5.74, 6) is 0. The second-order valence-corrected chi connectivity index (χ2v) is 4.60. The number of hydrogen-bond donors (Lipinski definition) is 1. The Morgan fingerprint density at radius 1 is 1.44 bits per heavy atom. The Kier molecular flexibility index (Phi) is 6.96. The minimum absolute atomic E-state index is 0.0263. The van der Waals surface area contributed by atoms with Crippen molar-refractivity contribution in [3.63, 3.8) is 0 Å². The van der Waals surface area contributed by atoms with Gasteiger partial charge in [0.15, 0.2) is 0 Å². The smallest absolute Gasteiger partial charge is 0.378 e. The number of likely N-dealkylation sites (N-methyl/N-ethyl adjacent to an activating group) is 1. The van der Waals surface area contributed by atoms with Gasteiger partial charge in [0.1, 0.15) is 6.61 Å². The van der Waals surface area contributed by atoms with E-state index in [2.05, 4.69) is 5.32 Å². The summed E-state index contributed by atoms with van der Waals surface area (Å²) in [5, 5.41) is 3.14. The van der Waals surface area contributed by atoms with Crippen LogP contribution in [-0.4, -0.2) is 44.7 Å². The van der Waals surface area contributed by atoms with Gasteiger partial charge in [-0.1, -0.05) is 6.92 Å². The fraction of sp³-hybridized carbons (Fsp3) is 1.00. The van der Waals surface area contributed by atoms with Gasteiger partial charge < -0.3 is 14.8 Å². The summed E-state index contributed by atoms with van der Waals surface area (Å²) >= 11 is 0. The second kappa shape index (κ2) is 7.96. The number of ether oxygens (including phenoxy) is 2. The molecule has 18 heavy (non-hydrogen) atoms. The predicted molar refractivity (Wildman–Crippen MR) is 62.5 cm³/mol. The highest BCUT2D eigenvalue weighted by Crippen LogP contribution is 2.18. The van der Waals surface area contributed by atoms with Crippen molar-refractivity contribution in [2.75, 3.05) is 26.4 Å². The zero-order chi connectivity index (χ0) is 13.4. The lowest BCUT2D eigenvalue weighted by Crippen LogP contribution is -2.35. The van der Waals surface area contributed by atoms with Crippen molar-refractivity contribution in [3.05, 3.63) is 0 Å². The van der Waals surface area contributed by atoms with Crippen molar-refractivity contribution >= 4 is 0 Å². The Morgan fingerprint density at radius 3 is 2.78 bits per heavy atom. The maximum Gasteiger partial charge on any atom is 0.411 e. The second-order valence-electron chi connectivity index (χ2n) is 4.60. The quantitative estimate of drug-likeness (QED) is 0.734. The molecule has 1 rings (SSSR count). The highest BCUT2D eigenvalue weighted by Gasteiger charge is 2.28. The van der Waals surface area contributed by atoms with E-state index >= 15 is 0 Å². The van der Waals surface area contributed by atoms with Crippen molar-refractivity contribution in [1.82, 2.24) is 5.32 Å². The van der Waals surface area contributed by atoms with Crippen molar-refractivity contribution in [1.29, 1.82) is 0 Å². The summed E-state index contributed by atoms with van der Waals surface area (Å²) in [5.41, 5.74) is 0. The first-order valence-corrected chi connectivity index (χ1v) is 6.50. The first kappa shape index (κ1) is 15.7. The van der Waals surface area contributed by atoms with Gasteiger partial charge in [-0.2, -0.15) is 13.2 Å². The van der Waals surface area contributed by atoms with Crippen LogP contribution in [0.25, 0.3) is 0 Å². The van der Waals surface area contributed by atoms with E-state index in [0.717, 1.165) is 38.8 Å². The lowest BCUT2D eigenvalue weighted by Gasteiger charge is -2.20. The van der Waals surface area contributed by atoms with Crippen molar-refractivity contribution in [3.8, 4) is 0 Å². The third-order valence-electron chi connectivity index (χ3n) is 2.94.